The van der Waals surface area contributed by atoms with Gasteiger partial charge in [0, 0.05) is 38.8 Å². The lowest BCUT2D eigenvalue weighted by Crippen LogP contribution is -2.62. The number of thioether (sulfide) groups is 1. The van der Waals surface area contributed by atoms with Crippen molar-refractivity contribution in [3.8, 4) is 0 Å². The summed E-state index contributed by atoms with van der Waals surface area (Å²) in [6.07, 6.45) is -2.58. The van der Waals surface area contributed by atoms with Gasteiger partial charge in [0.05, 0.1) is 18.6 Å². The summed E-state index contributed by atoms with van der Waals surface area (Å²) in [6, 6.07) is 10.5. The number of rotatable bonds is 35. The first-order valence-corrected chi connectivity index (χ1v) is 30.4. The number of nitrogens with one attached hydrogen (secondary N) is 8. The van der Waals surface area contributed by atoms with Crippen molar-refractivity contribution in [2.75, 3.05) is 25.1 Å². The highest BCUT2D eigenvalue weighted by Gasteiger charge is 2.44. The van der Waals surface area contributed by atoms with Crippen molar-refractivity contribution in [3.05, 3.63) is 108 Å². The molecule has 2 heterocycles. The van der Waals surface area contributed by atoms with Crippen LogP contribution < -0.4 is 48.3 Å². The van der Waals surface area contributed by atoms with Crippen molar-refractivity contribution < 1.29 is 82.8 Å². The van der Waals surface area contributed by atoms with Crippen LogP contribution in [0.25, 0.3) is 0 Å². The Kier molecular flexibility index (Phi) is 28.0. The van der Waals surface area contributed by atoms with E-state index >= 15 is 0 Å². The van der Waals surface area contributed by atoms with E-state index in [-0.39, 0.29) is 64.5 Å². The highest BCUT2D eigenvalue weighted by Crippen LogP contribution is 2.24. The molecule has 2 saturated heterocycles. The number of carbonyl (C=O) groups excluding carboxylic acids is 11. The zero-order valence-corrected chi connectivity index (χ0v) is 50.4. The van der Waals surface area contributed by atoms with Gasteiger partial charge in [-0.15, -0.1) is 0 Å². The molecule has 14 N–H and O–H groups in total. The molecule has 0 aromatic heterocycles. The molecule has 2 aliphatic rings. The average molecular weight is 1260 g/mol. The lowest BCUT2D eigenvalue weighted by atomic mass is 10.0. The Morgan fingerprint density at radius 2 is 0.944 bits per heavy atom. The third kappa shape index (κ3) is 21.7. The second-order valence-corrected chi connectivity index (χ2v) is 22.8. The molecule has 0 aliphatic carbocycles. The minimum absolute atomic E-state index is 0.00135. The Morgan fingerprint density at radius 3 is 1.38 bits per heavy atom. The van der Waals surface area contributed by atoms with E-state index in [1.165, 1.54) is 23.6 Å². The quantitative estimate of drug-likeness (QED) is 0.0272. The van der Waals surface area contributed by atoms with Crippen LogP contribution in [0.5, 0.6) is 0 Å². The van der Waals surface area contributed by atoms with E-state index in [4.69, 9.17) is 5.73 Å². The summed E-state index contributed by atoms with van der Waals surface area (Å²) in [4.78, 5) is 177. The third-order valence-corrected chi connectivity index (χ3v) is 15.7. The third-order valence-electron chi connectivity index (χ3n) is 15.0. The monoisotopic (exact) mass is 1260 g/mol. The van der Waals surface area contributed by atoms with Crippen LogP contribution in [0.1, 0.15) is 81.9 Å². The number of carboxylic acids is 2. The number of hydrogen-bond donors (Lipinski definition) is 13. The van der Waals surface area contributed by atoms with Gasteiger partial charge in [-0.05, 0) is 81.1 Å². The van der Waals surface area contributed by atoms with Crippen LogP contribution in [0, 0.1) is 0 Å². The van der Waals surface area contributed by atoms with E-state index in [1.807, 2.05) is 6.26 Å². The molecule has 12 atom stereocenters. The zero-order chi connectivity index (χ0) is 65.3. The number of nitrogens with two attached hydrogens (primary N) is 1. The molecule has 5 rings (SSSR count). The van der Waals surface area contributed by atoms with Gasteiger partial charge in [0.2, 0.25) is 65.5 Å². The van der Waals surface area contributed by atoms with Gasteiger partial charge >= 0.3 is 11.9 Å². The van der Waals surface area contributed by atoms with E-state index < -0.39 is 163 Å². The minimum atomic E-state index is -1.79. The van der Waals surface area contributed by atoms with Crippen LogP contribution in [0.2, 0.25) is 0 Å². The number of hydrogen-bond acceptors (Lipinski definition) is 16. The topological polar surface area (TPSA) is 432 Å². The van der Waals surface area contributed by atoms with Crippen LogP contribution >= 0.6 is 11.8 Å². The number of carboxylic acid groups (broad SMARTS) is 2. The summed E-state index contributed by atoms with van der Waals surface area (Å²) >= 11 is 1.43. The van der Waals surface area contributed by atoms with Gasteiger partial charge in [-0.3, -0.25) is 57.5 Å². The van der Waals surface area contributed by atoms with E-state index in [0.717, 1.165) is 11.8 Å². The summed E-state index contributed by atoms with van der Waals surface area (Å²) in [6.45, 7) is 2.29. The van der Waals surface area contributed by atoms with Gasteiger partial charge in [-0.2, -0.15) is 11.8 Å². The SMILES string of the molecule is CSCC[C@H](NC=O)C(=O)N[C@@H](Cc1ccccc1)C(=O)N[C@H](C(=O)N[C@@H](Cc1ccccc1)C(=O)N[C@@H](CCC(=O)O)C(=O)N1CCC[C@H]1C(=O)N[C@@H](Cc1ccccc1)C(=O)N1CCC[C@H]1C(=O)N[C@H](C(=O)N[C@@H](CC(N)=O)C(=O)O)[C@@H](C)O)[C@@H](C)O. The number of amides is 11. The molecular weight excluding hydrogens is 1180 g/mol. The van der Waals surface area contributed by atoms with Crippen LogP contribution in [0.3, 0.4) is 0 Å². The van der Waals surface area contributed by atoms with Crippen molar-refractivity contribution in [2.24, 2.45) is 5.73 Å². The molecule has 0 spiro atoms. The predicted molar refractivity (Wildman–Crippen MR) is 321 cm³/mol. The molecule has 28 nitrogen and oxygen atoms in total. The molecule has 2 aliphatic heterocycles. The predicted octanol–water partition coefficient (Wildman–Crippen LogP) is -2.46. The Bertz CT molecular complexity index is 2960. The summed E-state index contributed by atoms with van der Waals surface area (Å²) in [5.41, 5.74) is 6.83. The maximum atomic E-state index is 14.8. The molecule has 89 heavy (non-hydrogen) atoms. The van der Waals surface area contributed by atoms with Gasteiger partial charge in [0.25, 0.3) is 0 Å². The molecule has 11 amide bonds. The van der Waals surface area contributed by atoms with E-state index in [2.05, 4.69) is 42.5 Å². The Morgan fingerprint density at radius 1 is 0.539 bits per heavy atom. The Labute approximate surface area is 518 Å². The van der Waals surface area contributed by atoms with E-state index in [9.17, 15) is 82.8 Å². The van der Waals surface area contributed by atoms with Crippen molar-refractivity contribution in [3.63, 3.8) is 0 Å². The van der Waals surface area contributed by atoms with Gasteiger partial charge in [-0.1, -0.05) is 91.0 Å². The van der Waals surface area contributed by atoms with Crippen LogP contribution in [-0.4, -0.2) is 205 Å². The standard InChI is InChI=1S/C60H79N11O17S/c1-34(73)49(68-53(80)42(30-37-17-9-5-10-18-37)64-51(78)39(62-33-72)25-28-89-3)56(83)65-41(29-36-15-7-4-8-16-36)52(79)63-40(23-24-48(76)77)58(85)70-26-13-21-45(70)54(81)66-43(31-38-19-11-6-12-20-38)59(86)71-27-14-22-46(71)55(82)69-50(35(2)74)57(84)67-44(60(87)88)32-47(61)75/h4-12,15-20,33-35,39-46,49-50,73-74H,13-14,21-32H2,1-3H3,(H2,61,75)(H,62,72)(H,63,79)(H,64,78)(H,65,83)(H,66,81)(H,67,84)(H,68,80)(H,69,82)(H,76,77)(H,87,88)/t34-,35-,39+,40+,41+,42+,43+,44+,45+,46+,49+,50+/m1/s1. The van der Waals surface area contributed by atoms with E-state index in [0.29, 0.717) is 28.9 Å². The fourth-order valence-corrected chi connectivity index (χ4v) is 10.8. The molecular formula is C60H79N11O17S. The minimum Gasteiger partial charge on any atom is -0.481 e. The first-order chi connectivity index (χ1) is 42.4. The van der Waals surface area contributed by atoms with Crippen molar-refractivity contribution in [1.29, 1.82) is 0 Å². The van der Waals surface area contributed by atoms with Gasteiger partial charge < -0.3 is 78.5 Å². The fourth-order valence-electron chi connectivity index (χ4n) is 10.4. The van der Waals surface area contributed by atoms with Crippen LogP contribution in [0.15, 0.2) is 91.0 Å². The normalized spacial score (nSPS) is 17.9. The summed E-state index contributed by atoms with van der Waals surface area (Å²) in [5.74, 6) is -11.7. The fraction of sp³-hybridized carbons (Fsp3) is 0.483. The van der Waals surface area contributed by atoms with Crippen LogP contribution in [-0.2, 0) is 81.6 Å². The first kappa shape index (κ1) is 70.8. The first-order valence-electron chi connectivity index (χ1n) is 29.1. The number of primary amides is 1. The number of aliphatic hydroxyl groups is 2. The van der Waals surface area contributed by atoms with Crippen LogP contribution in [0.4, 0.5) is 0 Å². The van der Waals surface area contributed by atoms with Gasteiger partial charge in [0.15, 0.2) is 0 Å². The molecule has 2 fully saturated rings. The lowest BCUT2D eigenvalue weighted by Gasteiger charge is -2.33. The van der Waals surface area contributed by atoms with Crippen molar-refractivity contribution in [1.82, 2.24) is 52.3 Å². The number of aliphatic hydroxyl groups excluding tert-OH is 2. The lowest BCUT2D eigenvalue weighted by molar-refractivity contribution is -0.146. The molecule has 482 valence electrons. The second-order valence-electron chi connectivity index (χ2n) is 21.8. The van der Waals surface area contributed by atoms with Crippen molar-refractivity contribution in [2.45, 2.75) is 157 Å². The average Bonchev–Trinajstić information content (AvgIpc) is 2.53. The Balaban J connectivity index is 1.37. The smallest absolute Gasteiger partial charge is 0.326 e. The number of nitrogens with zero attached hydrogens (tertiary/aromatic N) is 2. The summed E-state index contributed by atoms with van der Waals surface area (Å²) < 4.78 is 0. The zero-order valence-electron chi connectivity index (χ0n) is 49.5. The number of likely N-dealkylation sites (tertiary alicyclic amines) is 2. The highest BCUT2D eigenvalue weighted by molar-refractivity contribution is 7.98. The molecule has 0 bridgehead atoms. The maximum Gasteiger partial charge on any atom is 0.326 e. The van der Waals surface area contributed by atoms with Gasteiger partial charge in [-0.25, -0.2) is 4.79 Å². The number of carbonyl (C=O) groups is 13. The molecule has 29 heteroatoms. The molecule has 3 aromatic rings. The van der Waals surface area contributed by atoms with E-state index in [1.54, 1.807) is 91.0 Å². The second kappa shape index (κ2) is 35.1. The maximum absolute atomic E-state index is 14.8. The van der Waals surface area contributed by atoms with Crippen molar-refractivity contribution >= 4 is 89.2 Å². The molecule has 3 aromatic carbocycles. The number of benzene rings is 3. The summed E-state index contributed by atoms with van der Waals surface area (Å²) in [7, 11) is 0. The number of aliphatic carboxylic acids is 2. The molecule has 0 radical (unpaired) electrons. The van der Waals surface area contributed by atoms with Gasteiger partial charge in [0.1, 0.15) is 60.4 Å². The highest BCUT2D eigenvalue weighted by atomic mass is 32.2. The summed E-state index contributed by atoms with van der Waals surface area (Å²) in [5, 5.41) is 60.9. The molecule has 0 unspecified atom stereocenters. The molecule has 0 saturated carbocycles. The largest absolute Gasteiger partial charge is 0.481 e. The Hall–Kier alpha value is -8.96.